The first-order valence-corrected chi connectivity index (χ1v) is 6.15. The van der Waals surface area contributed by atoms with Crippen LogP contribution in [-0.2, 0) is 9.53 Å². The Hall–Kier alpha value is -0.630. The maximum Gasteiger partial charge on any atom is 0.152 e. The Bertz CT molecular complexity index is 343. The summed E-state index contributed by atoms with van der Waals surface area (Å²) in [7, 11) is 0. The molecule has 2 heteroatoms. The summed E-state index contributed by atoms with van der Waals surface area (Å²) in [5, 5.41) is 0. The molecule has 0 bridgehead atoms. The molecule has 1 heterocycles. The Kier molecular flexibility index (Phi) is 2.54. The van der Waals surface area contributed by atoms with E-state index in [2.05, 4.69) is 33.8 Å². The van der Waals surface area contributed by atoms with Gasteiger partial charge in [-0.15, -0.1) is 0 Å². The van der Waals surface area contributed by atoms with Gasteiger partial charge in [-0.25, -0.2) is 0 Å². The van der Waals surface area contributed by atoms with E-state index in [4.69, 9.17) is 4.74 Å². The molecule has 0 amide bonds. The molecule has 0 aromatic carbocycles. The number of rotatable bonds is 2. The third-order valence-electron chi connectivity index (χ3n) is 4.76. The molecule has 2 fully saturated rings. The van der Waals surface area contributed by atoms with Gasteiger partial charge in [0.1, 0.15) is 0 Å². The zero-order chi connectivity index (χ0) is 12.1. The molecular weight excluding hydrogens is 200 g/mol. The van der Waals surface area contributed by atoms with Gasteiger partial charge in [0.15, 0.2) is 5.78 Å². The molecule has 2 rings (SSSR count). The van der Waals surface area contributed by atoms with Crippen molar-refractivity contribution in [1.82, 2.24) is 0 Å². The van der Waals surface area contributed by atoms with Gasteiger partial charge < -0.3 is 4.74 Å². The summed E-state index contributed by atoms with van der Waals surface area (Å²) in [5.74, 6) is 1.10. The first-order valence-electron chi connectivity index (χ1n) is 6.15. The Labute approximate surface area is 98.1 Å². The van der Waals surface area contributed by atoms with E-state index in [0.717, 1.165) is 6.42 Å². The Morgan fingerprint density at radius 1 is 1.38 bits per heavy atom. The summed E-state index contributed by atoms with van der Waals surface area (Å²) in [5.41, 5.74) is 0.176. The van der Waals surface area contributed by atoms with E-state index < -0.39 is 0 Å². The Morgan fingerprint density at radius 3 is 2.56 bits per heavy atom. The predicted octanol–water partition coefficient (Wildman–Crippen LogP) is 2.97. The topological polar surface area (TPSA) is 29.6 Å². The number of allylic oxidation sites excluding steroid dienone is 1. The second-order valence-corrected chi connectivity index (χ2v) is 6.20. The molecule has 2 aliphatic rings. The van der Waals surface area contributed by atoms with Gasteiger partial charge in [0, 0.05) is 5.92 Å². The molecule has 2 nitrogen and oxygen atoms in total. The SMILES string of the molecule is CC(=O)/C=C/[C@@H]1C(C)(C)[C@@H](C)C[C@@H]2O[C@@]21C. The van der Waals surface area contributed by atoms with E-state index in [1.54, 1.807) is 13.0 Å². The average molecular weight is 222 g/mol. The highest BCUT2D eigenvalue weighted by atomic mass is 16.6. The van der Waals surface area contributed by atoms with Gasteiger partial charge in [-0.3, -0.25) is 4.79 Å². The van der Waals surface area contributed by atoms with Crippen molar-refractivity contribution in [2.24, 2.45) is 17.3 Å². The van der Waals surface area contributed by atoms with Gasteiger partial charge in [0.05, 0.1) is 11.7 Å². The molecule has 90 valence electrons. The highest BCUT2D eigenvalue weighted by molar-refractivity contribution is 5.87. The molecule has 0 aromatic heterocycles. The van der Waals surface area contributed by atoms with Crippen LogP contribution in [0.3, 0.4) is 0 Å². The van der Waals surface area contributed by atoms with Crippen LogP contribution in [0.25, 0.3) is 0 Å². The van der Waals surface area contributed by atoms with Crippen LogP contribution in [0, 0.1) is 17.3 Å². The van der Waals surface area contributed by atoms with E-state index in [0.29, 0.717) is 17.9 Å². The van der Waals surface area contributed by atoms with Crippen molar-refractivity contribution in [1.29, 1.82) is 0 Å². The number of ketones is 1. The lowest BCUT2D eigenvalue weighted by atomic mass is 9.59. The molecule has 4 atom stereocenters. The molecule has 0 unspecified atom stereocenters. The van der Waals surface area contributed by atoms with E-state index in [1.165, 1.54) is 0 Å². The molecule has 1 saturated carbocycles. The van der Waals surface area contributed by atoms with Crippen LogP contribution in [-0.4, -0.2) is 17.5 Å². The summed E-state index contributed by atoms with van der Waals surface area (Å²) in [6.07, 6.45) is 5.32. The van der Waals surface area contributed by atoms with Crippen molar-refractivity contribution < 1.29 is 9.53 Å². The molecule has 1 aliphatic heterocycles. The second kappa shape index (κ2) is 3.43. The highest BCUT2D eigenvalue weighted by Crippen LogP contribution is 2.60. The zero-order valence-corrected chi connectivity index (χ0v) is 10.9. The van der Waals surface area contributed by atoms with Crippen molar-refractivity contribution >= 4 is 5.78 Å². The van der Waals surface area contributed by atoms with Crippen LogP contribution in [0.4, 0.5) is 0 Å². The largest absolute Gasteiger partial charge is 0.366 e. The fraction of sp³-hybridized carbons (Fsp3) is 0.786. The minimum atomic E-state index is -0.0258. The second-order valence-electron chi connectivity index (χ2n) is 6.20. The molecule has 0 spiro atoms. The molecule has 0 N–H and O–H groups in total. The lowest BCUT2D eigenvalue weighted by Crippen LogP contribution is -2.44. The number of carbonyl (C=O) groups excluding carboxylic acids is 1. The van der Waals surface area contributed by atoms with Crippen LogP contribution >= 0.6 is 0 Å². The maximum atomic E-state index is 11.1. The first kappa shape index (κ1) is 11.8. The van der Waals surface area contributed by atoms with Gasteiger partial charge >= 0.3 is 0 Å². The van der Waals surface area contributed by atoms with E-state index in [-0.39, 0.29) is 16.8 Å². The molecule has 1 aliphatic carbocycles. The highest BCUT2D eigenvalue weighted by Gasteiger charge is 2.65. The third kappa shape index (κ3) is 1.64. The van der Waals surface area contributed by atoms with Gasteiger partial charge in [-0.05, 0) is 37.7 Å². The number of hydrogen-bond acceptors (Lipinski definition) is 2. The quantitative estimate of drug-likeness (QED) is 0.531. The van der Waals surface area contributed by atoms with Crippen LogP contribution in [0.15, 0.2) is 12.2 Å². The van der Waals surface area contributed by atoms with E-state index >= 15 is 0 Å². The lowest BCUT2D eigenvalue weighted by molar-refractivity contribution is -0.112. The lowest BCUT2D eigenvalue weighted by Gasteiger charge is -2.43. The molecule has 0 aromatic rings. The number of hydrogen-bond donors (Lipinski definition) is 0. The Balaban J connectivity index is 2.27. The van der Waals surface area contributed by atoms with Gasteiger partial charge in [-0.2, -0.15) is 0 Å². The molecular formula is C14H22O2. The van der Waals surface area contributed by atoms with Crippen LogP contribution in [0.1, 0.15) is 41.0 Å². The fourth-order valence-electron chi connectivity index (χ4n) is 3.17. The van der Waals surface area contributed by atoms with Gasteiger partial charge in [-0.1, -0.05) is 26.8 Å². The first-order chi connectivity index (χ1) is 7.28. The molecule has 0 radical (unpaired) electrons. The van der Waals surface area contributed by atoms with Crippen molar-refractivity contribution in [2.75, 3.05) is 0 Å². The average Bonchev–Trinajstić information content (AvgIpc) is 2.75. The van der Waals surface area contributed by atoms with Crippen LogP contribution < -0.4 is 0 Å². The van der Waals surface area contributed by atoms with E-state index in [9.17, 15) is 4.79 Å². The normalized spacial score (nSPS) is 45.4. The van der Waals surface area contributed by atoms with E-state index in [1.807, 2.05) is 0 Å². The van der Waals surface area contributed by atoms with Crippen molar-refractivity contribution in [3.63, 3.8) is 0 Å². The summed E-state index contributed by atoms with van der Waals surface area (Å²) in [4.78, 5) is 11.1. The number of fused-ring (bicyclic) bond motifs is 1. The van der Waals surface area contributed by atoms with Gasteiger partial charge in [0.2, 0.25) is 0 Å². The number of epoxide rings is 1. The smallest absolute Gasteiger partial charge is 0.152 e. The third-order valence-corrected chi connectivity index (χ3v) is 4.76. The van der Waals surface area contributed by atoms with Crippen LogP contribution in [0.5, 0.6) is 0 Å². The minimum Gasteiger partial charge on any atom is -0.366 e. The van der Waals surface area contributed by atoms with Crippen molar-refractivity contribution in [2.45, 2.75) is 52.7 Å². The fourth-order valence-corrected chi connectivity index (χ4v) is 3.17. The molecule has 16 heavy (non-hydrogen) atoms. The summed E-state index contributed by atoms with van der Waals surface area (Å²) in [6, 6.07) is 0. The number of ether oxygens (including phenoxy) is 1. The van der Waals surface area contributed by atoms with Crippen molar-refractivity contribution in [3.05, 3.63) is 12.2 Å². The number of carbonyl (C=O) groups is 1. The van der Waals surface area contributed by atoms with Crippen molar-refractivity contribution in [3.8, 4) is 0 Å². The van der Waals surface area contributed by atoms with Crippen LogP contribution in [0.2, 0.25) is 0 Å². The minimum absolute atomic E-state index is 0.0258. The summed E-state index contributed by atoms with van der Waals surface area (Å²) >= 11 is 0. The summed E-state index contributed by atoms with van der Waals surface area (Å²) < 4.78 is 5.85. The Morgan fingerprint density at radius 2 is 2.00 bits per heavy atom. The maximum absolute atomic E-state index is 11.1. The zero-order valence-electron chi connectivity index (χ0n) is 10.9. The van der Waals surface area contributed by atoms with Gasteiger partial charge in [0.25, 0.3) is 0 Å². The standard InChI is InChI=1S/C14H22O2/c1-9-8-12-14(5,16-12)11(13(9,3)4)7-6-10(2)15/h6-7,9,11-12H,8H2,1-5H3/b7-6+/t9-,11+,12-,14+/m0/s1. The molecule has 1 saturated heterocycles. The monoisotopic (exact) mass is 222 g/mol. The summed E-state index contributed by atoms with van der Waals surface area (Å²) in [6.45, 7) is 10.6. The predicted molar refractivity (Wildman–Crippen MR) is 64.2 cm³/mol.